The van der Waals surface area contributed by atoms with Crippen molar-refractivity contribution in [2.75, 3.05) is 6.54 Å². The summed E-state index contributed by atoms with van der Waals surface area (Å²) in [5, 5.41) is 0.176. The van der Waals surface area contributed by atoms with E-state index in [-0.39, 0.29) is 28.1 Å². The zero-order valence-corrected chi connectivity index (χ0v) is 12.8. The molecule has 0 aromatic heterocycles. The van der Waals surface area contributed by atoms with Gasteiger partial charge >= 0.3 is 0 Å². The summed E-state index contributed by atoms with van der Waals surface area (Å²) < 4.78 is 40.9. The highest BCUT2D eigenvalue weighted by molar-refractivity contribution is 7.89. The Kier molecular flexibility index (Phi) is 4.69. The van der Waals surface area contributed by atoms with Gasteiger partial charge in [-0.05, 0) is 31.9 Å². The average molecular weight is 321 g/mol. The van der Waals surface area contributed by atoms with Crippen LogP contribution in [-0.4, -0.2) is 25.3 Å². The molecule has 1 unspecified atom stereocenters. The van der Waals surface area contributed by atoms with Crippen molar-refractivity contribution in [1.29, 1.82) is 0 Å². The normalized spacial score (nSPS) is 21.1. The summed E-state index contributed by atoms with van der Waals surface area (Å²) in [4.78, 5) is -0.376. The van der Waals surface area contributed by atoms with Gasteiger partial charge in [-0.2, -0.15) is 4.31 Å². The molecule has 0 amide bonds. The van der Waals surface area contributed by atoms with Crippen molar-refractivity contribution in [1.82, 2.24) is 4.31 Å². The Balaban J connectivity index is 2.51. The Morgan fingerprint density at radius 1 is 1.45 bits per heavy atom. The molecule has 7 heteroatoms. The van der Waals surface area contributed by atoms with Crippen LogP contribution in [0.1, 0.15) is 31.7 Å². The molecule has 0 bridgehead atoms. The Morgan fingerprint density at radius 2 is 2.15 bits per heavy atom. The molecule has 112 valence electrons. The van der Waals surface area contributed by atoms with Crippen LogP contribution < -0.4 is 5.73 Å². The van der Waals surface area contributed by atoms with Gasteiger partial charge in [-0.25, -0.2) is 12.8 Å². The highest BCUT2D eigenvalue weighted by Crippen LogP contribution is 2.30. The first-order valence-corrected chi connectivity index (χ1v) is 8.39. The van der Waals surface area contributed by atoms with Crippen molar-refractivity contribution in [2.24, 2.45) is 5.73 Å². The molecule has 1 aromatic rings. The fourth-order valence-corrected chi connectivity index (χ4v) is 4.65. The lowest BCUT2D eigenvalue weighted by Crippen LogP contribution is -2.42. The number of benzene rings is 1. The molecule has 0 radical (unpaired) electrons. The number of hydrogen-bond donors (Lipinski definition) is 1. The van der Waals surface area contributed by atoms with Crippen LogP contribution >= 0.6 is 11.6 Å². The minimum atomic E-state index is -3.88. The third kappa shape index (κ3) is 2.83. The zero-order chi connectivity index (χ0) is 14.9. The highest BCUT2D eigenvalue weighted by Gasteiger charge is 2.33. The number of rotatable bonds is 3. The molecule has 2 N–H and O–H groups in total. The lowest BCUT2D eigenvalue weighted by Gasteiger charge is -2.32. The second-order valence-electron chi connectivity index (χ2n) is 5.04. The molecule has 1 fully saturated rings. The van der Waals surface area contributed by atoms with Gasteiger partial charge in [-0.1, -0.05) is 18.0 Å². The van der Waals surface area contributed by atoms with E-state index in [1.807, 2.05) is 6.92 Å². The van der Waals surface area contributed by atoms with Gasteiger partial charge in [-0.15, -0.1) is 0 Å². The Morgan fingerprint density at radius 3 is 2.75 bits per heavy atom. The third-order valence-electron chi connectivity index (χ3n) is 3.63. The molecular formula is C13H18ClFN2O2S. The molecule has 0 aliphatic carbocycles. The number of hydrogen-bond acceptors (Lipinski definition) is 3. The van der Waals surface area contributed by atoms with E-state index in [0.717, 1.165) is 25.3 Å². The van der Waals surface area contributed by atoms with Gasteiger partial charge in [0.25, 0.3) is 0 Å². The van der Waals surface area contributed by atoms with Crippen LogP contribution in [0.4, 0.5) is 4.39 Å². The predicted molar refractivity (Wildman–Crippen MR) is 76.5 cm³/mol. The largest absolute Gasteiger partial charge is 0.326 e. The summed E-state index contributed by atoms with van der Waals surface area (Å²) in [6, 6.07) is 2.39. The van der Waals surface area contributed by atoms with E-state index in [9.17, 15) is 12.8 Å². The smallest absolute Gasteiger partial charge is 0.246 e. The van der Waals surface area contributed by atoms with Crippen LogP contribution in [0.5, 0.6) is 0 Å². The SMILES string of the molecule is CC1CCCCN1S(=O)(=O)c1cc(Cl)cc(CN)c1F. The molecule has 0 saturated carbocycles. The van der Waals surface area contributed by atoms with Gasteiger partial charge in [0.2, 0.25) is 10.0 Å². The average Bonchev–Trinajstić information content (AvgIpc) is 2.41. The molecule has 1 aromatic carbocycles. The van der Waals surface area contributed by atoms with Gasteiger partial charge in [0.1, 0.15) is 10.7 Å². The number of sulfonamides is 1. The van der Waals surface area contributed by atoms with Crippen molar-refractivity contribution >= 4 is 21.6 Å². The third-order valence-corrected chi connectivity index (χ3v) is 5.86. The molecule has 20 heavy (non-hydrogen) atoms. The standard InChI is InChI=1S/C13H18ClFN2O2S/c1-9-4-2-3-5-17(9)20(18,19)12-7-11(14)6-10(8-16)13(12)15/h6-7,9H,2-5,8,16H2,1H3. The quantitative estimate of drug-likeness (QED) is 0.930. The van der Waals surface area contributed by atoms with Crippen molar-refractivity contribution in [3.8, 4) is 0 Å². The fourth-order valence-electron chi connectivity index (χ4n) is 2.51. The first-order chi connectivity index (χ1) is 9.37. The van der Waals surface area contributed by atoms with Gasteiger partial charge < -0.3 is 5.73 Å². The molecule has 1 aliphatic heterocycles. The van der Waals surface area contributed by atoms with Crippen LogP contribution in [0.3, 0.4) is 0 Å². The van der Waals surface area contributed by atoms with E-state index in [2.05, 4.69) is 0 Å². The van der Waals surface area contributed by atoms with Crippen LogP contribution in [0.2, 0.25) is 5.02 Å². The van der Waals surface area contributed by atoms with E-state index in [0.29, 0.717) is 6.54 Å². The minimum absolute atomic E-state index is 0.0928. The Labute approximate surface area is 123 Å². The topological polar surface area (TPSA) is 63.4 Å². The molecule has 1 atom stereocenters. The molecule has 2 rings (SSSR count). The zero-order valence-electron chi connectivity index (χ0n) is 11.3. The predicted octanol–water partition coefficient (Wildman–Crippen LogP) is 2.50. The van der Waals surface area contributed by atoms with Gasteiger partial charge in [0, 0.05) is 29.7 Å². The number of nitrogens with zero attached hydrogens (tertiary/aromatic N) is 1. The van der Waals surface area contributed by atoms with Crippen molar-refractivity contribution in [3.63, 3.8) is 0 Å². The van der Waals surface area contributed by atoms with E-state index < -0.39 is 15.8 Å². The summed E-state index contributed by atoms with van der Waals surface area (Å²) in [5.41, 5.74) is 5.54. The summed E-state index contributed by atoms with van der Waals surface area (Å²) >= 11 is 5.88. The van der Waals surface area contributed by atoms with Crippen LogP contribution in [-0.2, 0) is 16.6 Å². The van der Waals surface area contributed by atoms with E-state index in [1.54, 1.807) is 0 Å². The summed E-state index contributed by atoms with van der Waals surface area (Å²) in [7, 11) is -3.88. The van der Waals surface area contributed by atoms with Crippen molar-refractivity contribution < 1.29 is 12.8 Å². The summed E-state index contributed by atoms with van der Waals surface area (Å²) in [5.74, 6) is -0.797. The van der Waals surface area contributed by atoms with Crippen LogP contribution in [0.25, 0.3) is 0 Å². The molecule has 1 saturated heterocycles. The van der Waals surface area contributed by atoms with Gasteiger partial charge in [-0.3, -0.25) is 0 Å². The van der Waals surface area contributed by atoms with E-state index in [4.69, 9.17) is 17.3 Å². The van der Waals surface area contributed by atoms with Crippen molar-refractivity contribution in [2.45, 2.75) is 43.7 Å². The number of piperidine rings is 1. The second-order valence-corrected chi connectivity index (χ2v) is 7.34. The maximum Gasteiger partial charge on any atom is 0.246 e. The maximum atomic E-state index is 14.3. The highest BCUT2D eigenvalue weighted by atomic mass is 35.5. The van der Waals surface area contributed by atoms with Gasteiger partial charge in [0.15, 0.2) is 0 Å². The summed E-state index contributed by atoms with van der Waals surface area (Å²) in [6.45, 7) is 2.15. The lowest BCUT2D eigenvalue weighted by atomic mass is 10.1. The van der Waals surface area contributed by atoms with Gasteiger partial charge in [0.05, 0.1) is 0 Å². The first-order valence-electron chi connectivity index (χ1n) is 6.57. The molecule has 0 spiro atoms. The first kappa shape index (κ1) is 15.7. The Hall–Kier alpha value is -0.690. The summed E-state index contributed by atoms with van der Waals surface area (Å²) in [6.07, 6.45) is 2.56. The van der Waals surface area contributed by atoms with Crippen LogP contribution in [0, 0.1) is 5.82 Å². The Bertz CT molecular complexity index is 607. The number of nitrogens with two attached hydrogens (primary N) is 1. The molecule has 1 heterocycles. The fraction of sp³-hybridized carbons (Fsp3) is 0.538. The van der Waals surface area contributed by atoms with E-state index in [1.165, 1.54) is 10.4 Å². The maximum absolute atomic E-state index is 14.3. The molecule has 1 aliphatic rings. The number of halogens is 2. The minimum Gasteiger partial charge on any atom is -0.326 e. The molecular weight excluding hydrogens is 303 g/mol. The lowest BCUT2D eigenvalue weighted by molar-refractivity contribution is 0.268. The van der Waals surface area contributed by atoms with E-state index >= 15 is 0 Å². The van der Waals surface area contributed by atoms with Crippen LogP contribution in [0.15, 0.2) is 17.0 Å². The van der Waals surface area contributed by atoms with Crippen molar-refractivity contribution in [3.05, 3.63) is 28.5 Å². The monoisotopic (exact) mass is 320 g/mol. The second kappa shape index (κ2) is 5.97. The molecule has 4 nitrogen and oxygen atoms in total.